The normalized spacial score (nSPS) is 10.9. The molecule has 0 unspecified atom stereocenters. The molecular formula is C13H18N2O2S. The standard InChI is InChI=1S/C11H12N2O2S.C2H6/c1-7-5-8-3-2-4-10(12)9(8)6-11(7)16(13,14)15;1-2/h2-6H,12H2,1H3,(H2,13,14,15);1-2H3. The van der Waals surface area contributed by atoms with Crippen LogP contribution in [0, 0.1) is 6.92 Å². The number of fused-ring (bicyclic) bond motifs is 1. The minimum absolute atomic E-state index is 0.123. The van der Waals surface area contributed by atoms with Crippen molar-refractivity contribution in [1.29, 1.82) is 0 Å². The van der Waals surface area contributed by atoms with E-state index >= 15 is 0 Å². The number of aryl methyl sites for hydroxylation is 1. The Balaban J connectivity index is 0.000000771. The summed E-state index contributed by atoms with van der Waals surface area (Å²) in [5.74, 6) is 0. The van der Waals surface area contributed by atoms with Crippen LogP contribution in [0.3, 0.4) is 0 Å². The van der Waals surface area contributed by atoms with E-state index in [4.69, 9.17) is 10.9 Å². The molecule has 0 aliphatic rings. The molecular weight excluding hydrogens is 248 g/mol. The molecule has 2 aromatic rings. The van der Waals surface area contributed by atoms with Crippen molar-refractivity contribution in [3.8, 4) is 0 Å². The molecule has 0 aromatic heterocycles. The number of sulfonamides is 1. The highest BCUT2D eigenvalue weighted by Gasteiger charge is 2.13. The lowest BCUT2D eigenvalue weighted by Crippen LogP contribution is -2.13. The highest BCUT2D eigenvalue weighted by Crippen LogP contribution is 2.26. The van der Waals surface area contributed by atoms with Crippen LogP contribution in [0.15, 0.2) is 35.2 Å². The Bertz CT molecular complexity index is 664. The molecule has 4 N–H and O–H groups in total. The largest absolute Gasteiger partial charge is 0.398 e. The zero-order chi connectivity index (χ0) is 13.9. The van der Waals surface area contributed by atoms with Crippen LogP contribution in [0.4, 0.5) is 5.69 Å². The molecule has 0 radical (unpaired) electrons. The van der Waals surface area contributed by atoms with Crippen LogP contribution in [0.5, 0.6) is 0 Å². The molecule has 5 heteroatoms. The summed E-state index contributed by atoms with van der Waals surface area (Å²) in [5, 5.41) is 6.74. The maximum Gasteiger partial charge on any atom is 0.238 e. The van der Waals surface area contributed by atoms with Gasteiger partial charge in [-0.25, -0.2) is 13.6 Å². The minimum atomic E-state index is -3.70. The fraction of sp³-hybridized carbons (Fsp3) is 0.231. The Hall–Kier alpha value is -1.59. The van der Waals surface area contributed by atoms with Gasteiger partial charge in [-0.3, -0.25) is 0 Å². The van der Waals surface area contributed by atoms with E-state index in [-0.39, 0.29) is 4.90 Å². The number of hydrogen-bond donors (Lipinski definition) is 2. The van der Waals surface area contributed by atoms with Crippen LogP contribution >= 0.6 is 0 Å². The van der Waals surface area contributed by atoms with Crippen LogP contribution in [0.2, 0.25) is 0 Å². The second-order valence-electron chi connectivity index (χ2n) is 3.73. The van der Waals surface area contributed by atoms with Gasteiger partial charge in [0.05, 0.1) is 4.90 Å². The van der Waals surface area contributed by atoms with E-state index in [1.54, 1.807) is 19.1 Å². The summed E-state index contributed by atoms with van der Waals surface area (Å²) in [6.07, 6.45) is 0. The zero-order valence-electron chi connectivity index (χ0n) is 10.8. The molecule has 0 spiro atoms. The van der Waals surface area contributed by atoms with Crippen molar-refractivity contribution in [2.75, 3.05) is 5.73 Å². The second kappa shape index (κ2) is 5.37. The first kappa shape index (κ1) is 14.5. The Morgan fingerprint density at radius 3 is 2.28 bits per heavy atom. The first-order valence-corrected chi connectivity index (χ1v) is 7.26. The van der Waals surface area contributed by atoms with Gasteiger partial charge in [-0.05, 0) is 30.0 Å². The quantitative estimate of drug-likeness (QED) is 0.777. The van der Waals surface area contributed by atoms with Gasteiger partial charge >= 0.3 is 0 Å². The minimum Gasteiger partial charge on any atom is -0.398 e. The van der Waals surface area contributed by atoms with Crippen molar-refractivity contribution in [3.05, 3.63) is 35.9 Å². The fourth-order valence-electron chi connectivity index (χ4n) is 1.75. The van der Waals surface area contributed by atoms with E-state index in [0.29, 0.717) is 16.6 Å². The highest BCUT2D eigenvalue weighted by atomic mass is 32.2. The van der Waals surface area contributed by atoms with Gasteiger partial charge in [0.2, 0.25) is 10.0 Å². The summed E-state index contributed by atoms with van der Waals surface area (Å²) < 4.78 is 22.7. The number of nitrogens with two attached hydrogens (primary N) is 2. The Morgan fingerprint density at radius 2 is 1.72 bits per heavy atom. The summed E-state index contributed by atoms with van der Waals surface area (Å²) in [4.78, 5) is 0.123. The summed E-state index contributed by atoms with van der Waals surface area (Å²) in [6, 6.07) is 8.73. The smallest absolute Gasteiger partial charge is 0.238 e. The van der Waals surface area contributed by atoms with Crippen molar-refractivity contribution < 1.29 is 8.42 Å². The molecule has 0 heterocycles. The van der Waals surface area contributed by atoms with E-state index in [1.807, 2.05) is 26.0 Å². The molecule has 0 saturated heterocycles. The van der Waals surface area contributed by atoms with E-state index in [0.717, 1.165) is 5.39 Å². The van der Waals surface area contributed by atoms with Crippen molar-refractivity contribution in [2.45, 2.75) is 25.7 Å². The number of nitrogen functional groups attached to an aromatic ring is 1. The summed E-state index contributed by atoms with van der Waals surface area (Å²) in [6.45, 7) is 5.71. The molecule has 2 aromatic carbocycles. The average Bonchev–Trinajstić information content (AvgIpc) is 2.29. The number of rotatable bonds is 1. The van der Waals surface area contributed by atoms with Gasteiger partial charge in [0.15, 0.2) is 0 Å². The molecule has 0 fully saturated rings. The van der Waals surface area contributed by atoms with Crippen LogP contribution in [0.1, 0.15) is 19.4 Å². The lowest BCUT2D eigenvalue weighted by molar-refractivity contribution is 0.597. The molecule has 0 amide bonds. The third kappa shape index (κ3) is 2.80. The third-order valence-corrected chi connectivity index (χ3v) is 3.57. The van der Waals surface area contributed by atoms with Crippen molar-refractivity contribution in [2.24, 2.45) is 5.14 Å². The van der Waals surface area contributed by atoms with Crippen LogP contribution in [0.25, 0.3) is 10.8 Å². The number of hydrogen-bond acceptors (Lipinski definition) is 3. The average molecular weight is 266 g/mol. The molecule has 0 aliphatic carbocycles. The lowest BCUT2D eigenvalue weighted by atomic mass is 10.1. The maximum atomic E-state index is 11.3. The molecule has 18 heavy (non-hydrogen) atoms. The van der Waals surface area contributed by atoms with E-state index in [1.165, 1.54) is 6.07 Å². The van der Waals surface area contributed by atoms with Gasteiger partial charge in [-0.2, -0.15) is 0 Å². The van der Waals surface area contributed by atoms with Gasteiger partial charge < -0.3 is 5.73 Å². The van der Waals surface area contributed by atoms with Gasteiger partial charge in [-0.15, -0.1) is 0 Å². The molecule has 0 aliphatic heterocycles. The second-order valence-corrected chi connectivity index (χ2v) is 5.26. The predicted octanol–water partition coefficient (Wildman–Crippen LogP) is 2.40. The van der Waals surface area contributed by atoms with Crippen LogP contribution in [-0.2, 0) is 10.0 Å². The summed E-state index contributed by atoms with van der Waals surface area (Å²) in [7, 11) is -3.70. The first-order chi connectivity index (χ1) is 8.39. The molecule has 0 saturated carbocycles. The monoisotopic (exact) mass is 266 g/mol. The maximum absolute atomic E-state index is 11.3. The predicted molar refractivity (Wildman–Crippen MR) is 75.8 cm³/mol. The van der Waals surface area contributed by atoms with E-state index < -0.39 is 10.0 Å². The summed E-state index contributed by atoms with van der Waals surface area (Å²) in [5.41, 5.74) is 6.95. The van der Waals surface area contributed by atoms with Crippen LogP contribution < -0.4 is 10.9 Å². The molecule has 4 nitrogen and oxygen atoms in total. The topological polar surface area (TPSA) is 86.2 Å². The van der Waals surface area contributed by atoms with Crippen molar-refractivity contribution in [1.82, 2.24) is 0 Å². The molecule has 0 atom stereocenters. The third-order valence-electron chi connectivity index (χ3n) is 2.52. The Labute approximate surface area is 108 Å². The molecule has 98 valence electrons. The number of benzene rings is 2. The van der Waals surface area contributed by atoms with Crippen LogP contribution in [-0.4, -0.2) is 8.42 Å². The van der Waals surface area contributed by atoms with Gasteiger partial charge in [-0.1, -0.05) is 32.0 Å². The van der Waals surface area contributed by atoms with Gasteiger partial charge in [0, 0.05) is 11.1 Å². The number of primary sulfonamides is 1. The Kier molecular flexibility index (Phi) is 4.32. The first-order valence-electron chi connectivity index (χ1n) is 5.71. The zero-order valence-corrected chi connectivity index (χ0v) is 11.6. The van der Waals surface area contributed by atoms with E-state index in [2.05, 4.69) is 0 Å². The van der Waals surface area contributed by atoms with Gasteiger partial charge in [0.1, 0.15) is 0 Å². The number of anilines is 1. The highest BCUT2D eigenvalue weighted by molar-refractivity contribution is 7.89. The van der Waals surface area contributed by atoms with Crippen molar-refractivity contribution in [3.63, 3.8) is 0 Å². The van der Waals surface area contributed by atoms with Gasteiger partial charge in [0.25, 0.3) is 0 Å². The van der Waals surface area contributed by atoms with E-state index in [9.17, 15) is 8.42 Å². The summed E-state index contributed by atoms with van der Waals surface area (Å²) >= 11 is 0. The lowest BCUT2D eigenvalue weighted by Gasteiger charge is -2.07. The molecule has 0 bridgehead atoms. The van der Waals surface area contributed by atoms with Crippen molar-refractivity contribution >= 4 is 26.5 Å². The SMILES string of the molecule is CC.Cc1cc2cccc(N)c2cc1S(N)(=O)=O. The molecule has 2 rings (SSSR count). The Morgan fingerprint density at radius 1 is 1.11 bits per heavy atom. The fourth-order valence-corrected chi connectivity index (χ4v) is 2.54.